The molecule has 0 spiro atoms. The van der Waals surface area contributed by atoms with Gasteiger partial charge in [-0.3, -0.25) is 9.59 Å². The van der Waals surface area contributed by atoms with E-state index in [0.29, 0.717) is 22.6 Å². The van der Waals surface area contributed by atoms with Gasteiger partial charge in [-0.15, -0.1) is 0 Å². The number of hydrogen-bond acceptors (Lipinski definition) is 5. The summed E-state index contributed by atoms with van der Waals surface area (Å²) < 4.78 is 11.5. The molecule has 3 aromatic rings. The Morgan fingerprint density at radius 3 is 1.88 bits per heavy atom. The lowest BCUT2D eigenvalue weighted by Gasteiger charge is -2.36. The molecule has 7 heteroatoms. The first-order valence-corrected chi connectivity index (χ1v) is 10.9. The second-order valence-corrected chi connectivity index (χ2v) is 8.18. The van der Waals surface area contributed by atoms with Gasteiger partial charge in [0.2, 0.25) is 5.91 Å². The van der Waals surface area contributed by atoms with Crippen molar-refractivity contribution in [2.45, 2.75) is 26.1 Å². The lowest BCUT2D eigenvalue weighted by Crippen LogP contribution is -2.45. The number of ether oxygens (including phenoxy) is 2. The van der Waals surface area contributed by atoms with Gasteiger partial charge in [0, 0.05) is 35.6 Å². The molecule has 0 radical (unpaired) electrons. The number of carbonyl (C=O) groups excluding carboxylic acids is 2. The van der Waals surface area contributed by atoms with Crippen molar-refractivity contribution in [2.24, 2.45) is 5.73 Å². The predicted octanol–water partition coefficient (Wildman–Crippen LogP) is 4.44. The number of nitrogens with one attached hydrogen (secondary N) is 1. The second kappa shape index (κ2) is 9.75. The zero-order chi connectivity index (χ0) is 23.4. The van der Waals surface area contributed by atoms with Gasteiger partial charge < -0.3 is 25.4 Å². The van der Waals surface area contributed by atoms with Gasteiger partial charge in [0.15, 0.2) is 0 Å². The summed E-state index contributed by atoms with van der Waals surface area (Å²) in [6.07, 6.45) is 0.379. The van der Waals surface area contributed by atoms with Crippen LogP contribution < -0.4 is 20.7 Å². The van der Waals surface area contributed by atoms with Crippen LogP contribution in [0, 0.1) is 0 Å². The van der Waals surface area contributed by atoms with Crippen LogP contribution in [0.25, 0.3) is 0 Å². The maximum atomic E-state index is 12.6. The molecule has 4 rings (SSSR count). The van der Waals surface area contributed by atoms with Crippen molar-refractivity contribution in [3.8, 4) is 11.5 Å². The number of amides is 2. The second-order valence-electron chi connectivity index (χ2n) is 8.18. The normalized spacial score (nSPS) is 17.9. The smallest absolute Gasteiger partial charge is 0.255 e. The zero-order valence-corrected chi connectivity index (χ0v) is 18.7. The molecule has 0 bridgehead atoms. The van der Waals surface area contributed by atoms with Crippen molar-refractivity contribution in [2.75, 3.05) is 23.3 Å². The predicted molar refractivity (Wildman–Crippen MR) is 128 cm³/mol. The fourth-order valence-electron chi connectivity index (χ4n) is 3.85. The van der Waals surface area contributed by atoms with E-state index in [1.807, 2.05) is 24.3 Å². The standard InChI is InChI=1S/C26H27N3O4/c1-17-15-29(16-18(2)32-17)22-9-7-21(8-10-22)28-26(31)20-5-13-24(14-6-20)33-23-11-3-19(4-12-23)25(27)30/h3-14,17-18H,15-16H2,1-2H3,(H2,27,30)(H,28,31). The molecule has 3 aromatic carbocycles. The van der Waals surface area contributed by atoms with Crippen LogP contribution in [0.1, 0.15) is 34.6 Å². The molecule has 0 aliphatic carbocycles. The third-order valence-electron chi connectivity index (χ3n) is 5.40. The molecule has 2 unspecified atom stereocenters. The lowest BCUT2D eigenvalue weighted by atomic mass is 10.1. The maximum absolute atomic E-state index is 12.6. The molecule has 3 N–H and O–H groups in total. The summed E-state index contributed by atoms with van der Waals surface area (Å²) in [5.41, 5.74) is 8.02. The Morgan fingerprint density at radius 2 is 1.36 bits per heavy atom. The molecule has 2 amide bonds. The van der Waals surface area contributed by atoms with Crippen molar-refractivity contribution in [3.05, 3.63) is 83.9 Å². The summed E-state index contributed by atoms with van der Waals surface area (Å²) in [7, 11) is 0. The Hall–Kier alpha value is -3.84. The SMILES string of the molecule is CC1CN(c2ccc(NC(=O)c3ccc(Oc4ccc(C(N)=O)cc4)cc3)cc2)CC(C)O1. The van der Waals surface area contributed by atoms with Crippen LogP contribution in [-0.4, -0.2) is 37.1 Å². The quantitative estimate of drug-likeness (QED) is 0.585. The molecule has 1 aliphatic heterocycles. The van der Waals surface area contributed by atoms with Crippen molar-refractivity contribution in [3.63, 3.8) is 0 Å². The van der Waals surface area contributed by atoms with E-state index in [0.717, 1.165) is 24.5 Å². The molecule has 170 valence electrons. The number of hydrogen-bond donors (Lipinski definition) is 2. The number of nitrogens with zero attached hydrogens (tertiary/aromatic N) is 1. The Labute approximate surface area is 193 Å². The van der Waals surface area contributed by atoms with E-state index in [-0.39, 0.29) is 18.1 Å². The molecule has 7 nitrogen and oxygen atoms in total. The van der Waals surface area contributed by atoms with Crippen LogP contribution in [0.5, 0.6) is 11.5 Å². The van der Waals surface area contributed by atoms with E-state index in [1.165, 1.54) is 0 Å². The van der Waals surface area contributed by atoms with Crippen molar-refractivity contribution in [1.82, 2.24) is 0 Å². The topological polar surface area (TPSA) is 93.9 Å². The fourth-order valence-corrected chi connectivity index (χ4v) is 3.85. The minimum atomic E-state index is -0.489. The molecule has 33 heavy (non-hydrogen) atoms. The first kappa shape index (κ1) is 22.4. The fraction of sp³-hybridized carbons (Fsp3) is 0.231. The van der Waals surface area contributed by atoms with E-state index in [4.69, 9.17) is 15.2 Å². The highest BCUT2D eigenvalue weighted by molar-refractivity contribution is 6.04. The van der Waals surface area contributed by atoms with Gasteiger partial charge in [-0.2, -0.15) is 0 Å². The van der Waals surface area contributed by atoms with Crippen LogP contribution >= 0.6 is 0 Å². The van der Waals surface area contributed by atoms with Crippen LogP contribution in [0.2, 0.25) is 0 Å². The number of primary amides is 1. The van der Waals surface area contributed by atoms with Gasteiger partial charge in [0.1, 0.15) is 11.5 Å². The monoisotopic (exact) mass is 445 g/mol. The zero-order valence-electron chi connectivity index (χ0n) is 18.7. The first-order valence-electron chi connectivity index (χ1n) is 10.9. The number of benzene rings is 3. The van der Waals surface area contributed by atoms with Crippen molar-refractivity contribution < 1.29 is 19.1 Å². The Bertz CT molecular complexity index is 1100. The van der Waals surface area contributed by atoms with Gasteiger partial charge >= 0.3 is 0 Å². The molecule has 1 heterocycles. The average molecular weight is 446 g/mol. The first-order chi connectivity index (χ1) is 15.9. The van der Waals surface area contributed by atoms with Crippen LogP contribution in [0.4, 0.5) is 11.4 Å². The molecule has 0 aromatic heterocycles. The van der Waals surface area contributed by atoms with Gasteiger partial charge in [0.05, 0.1) is 12.2 Å². The Kier molecular flexibility index (Phi) is 6.60. The van der Waals surface area contributed by atoms with E-state index in [9.17, 15) is 9.59 Å². The third kappa shape index (κ3) is 5.70. The summed E-state index contributed by atoms with van der Waals surface area (Å²) >= 11 is 0. The highest BCUT2D eigenvalue weighted by atomic mass is 16.5. The number of carbonyl (C=O) groups is 2. The number of rotatable bonds is 6. The number of morpholine rings is 1. The van der Waals surface area contributed by atoms with Crippen LogP contribution in [0.15, 0.2) is 72.8 Å². The van der Waals surface area contributed by atoms with Crippen LogP contribution in [0.3, 0.4) is 0 Å². The minimum absolute atomic E-state index is 0.189. The minimum Gasteiger partial charge on any atom is -0.457 e. The van der Waals surface area contributed by atoms with Gasteiger partial charge in [0.25, 0.3) is 5.91 Å². The van der Waals surface area contributed by atoms with Crippen molar-refractivity contribution >= 4 is 23.2 Å². The highest BCUT2D eigenvalue weighted by Gasteiger charge is 2.22. The molecular weight excluding hydrogens is 418 g/mol. The molecule has 1 saturated heterocycles. The van der Waals surface area contributed by atoms with Gasteiger partial charge in [-0.05, 0) is 86.6 Å². The Morgan fingerprint density at radius 1 is 0.848 bits per heavy atom. The van der Waals surface area contributed by atoms with Gasteiger partial charge in [-0.25, -0.2) is 0 Å². The van der Waals surface area contributed by atoms with E-state index < -0.39 is 5.91 Å². The molecule has 2 atom stereocenters. The van der Waals surface area contributed by atoms with Crippen LogP contribution in [-0.2, 0) is 4.74 Å². The molecule has 0 saturated carbocycles. The molecule has 1 aliphatic rings. The molecule has 1 fully saturated rings. The summed E-state index contributed by atoms with van der Waals surface area (Å²) in [6.45, 7) is 5.85. The van der Waals surface area contributed by atoms with Gasteiger partial charge in [-0.1, -0.05) is 0 Å². The summed E-state index contributed by atoms with van der Waals surface area (Å²) in [5.74, 6) is 0.462. The van der Waals surface area contributed by atoms with Crippen molar-refractivity contribution in [1.29, 1.82) is 0 Å². The third-order valence-corrected chi connectivity index (χ3v) is 5.40. The highest BCUT2D eigenvalue weighted by Crippen LogP contribution is 2.24. The van der Waals surface area contributed by atoms with E-state index >= 15 is 0 Å². The number of anilines is 2. The largest absolute Gasteiger partial charge is 0.457 e. The lowest BCUT2D eigenvalue weighted by molar-refractivity contribution is -0.00521. The summed E-state index contributed by atoms with van der Waals surface area (Å²) in [6, 6.07) is 21.2. The Balaban J connectivity index is 1.35. The average Bonchev–Trinajstić information content (AvgIpc) is 2.80. The molecular formula is C26H27N3O4. The summed E-state index contributed by atoms with van der Waals surface area (Å²) in [5, 5.41) is 2.93. The van der Waals surface area contributed by atoms with E-state index in [2.05, 4.69) is 24.1 Å². The summed E-state index contributed by atoms with van der Waals surface area (Å²) in [4.78, 5) is 26.1. The van der Waals surface area contributed by atoms with E-state index in [1.54, 1.807) is 48.5 Å². The maximum Gasteiger partial charge on any atom is 0.255 e. The number of nitrogens with two attached hydrogens (primary N) is 1.